The highest BCUT2D eigenvalue weighted by Crippen LogP contribution is 2.24. The summed E-state index contributed by atoms with van der Waals surface area (Å²) in [5.41, 5.74) is 2.06. The third kappa shape index (κ3) is 3.06. The monoisotopic (exact) mass is 360 g/mol. The number of benzene rings is 2. The van der Waals surface area contributed by atoms with Crippen LogP contribution in [0.25, 0.3) is 10.9 Å². The van der Waals surface area contributed by atoms with Gasteiger partial charge in [0.25, 0.3) is 5.91 Å². The maximum absolute atomic E-state index is 12.4. The maximum Gasteiger partial charge on any atom is 0.255 e. The van der Waals surface area contributed by atoms with Crippen LogP contribution >= 0.6 is 27.5 Å². The van der Waals surface area contributed by atoms with Gasteiger partial charge in [-0.25, -0.2) is 0 Å². The third-order valence-electron chi connectivity index (χ3n) is 3.02. The van der Waals surface area contributed by atoms with E-state index in [1.165, 1.54) is 0 Å². The SMILES string of the molecule is O=C(Nc1cccc2ncccc12)c1cc(Cl)cc(Br)c1. The van der Waals surface area contributed by atoms with Gasteiger partial charge < -0.3 is 5.32 Å². The molecule has 0 radical (unpaired) electrons. The zero-order valence-corrected chi connectivity index (χ0v) is 13.1. The molecule has 0 aliphatic rings. The number of pyridine rings is 1. The highest BCUT2D eigenvalue weighted by atomic mass is 79.9. The fraction of sp³-hybridized carbons (Fsp3) is 0. The van der Waals surface area contributed by atoms with E-state index in [1.807, 2.05) is 30.3 Å². The minimum atomic E-state index is -0.213. The first-order valence-corrected chi connectivity index (χ1v) is 7.42. The van der Waals surface area contributed by atoms with Gasteiger partial charge in [0.2, 0.25) is 0 Å². The third-order valence-corrected chi connectivity index (χ3v) is 3.69. The molecule has 1 aromatic heterocycles. The van der Waals surface area contributed by atoms with E-state index in [0.717, 1.165) is 21.1 Å². The summed E-state index contributed by atoms with van der Waals surface area (Å²) in [6.07, 6.45) is 1.72. The van der Waals surface area contributed by atoms with Gasteiger partial charge in [-0.3, -0.25) is 9.78 Å². The van der Waals surface area contributed by atoms with E-state index in [0.29, 0.717) is 10.6 Å². The summed E-state index contributed by atoms with van der Waals surface area (Å²) >= 11 is 9.30. The number of carbonyl (C=O) groups excluding carboxylic acids is 1. The minimum Gasteiger partial charge on any atom is -0.321 e. The van der Waals surface area contributed by atoms with E-state index in [-0.39, 0.29) is 5.91 Å². The minimum absolute atomic E-state index is 0.213. The summed E-state index contributed by atoms with van der Waals surface area (Å²) in [5.74, 6) is -0.213. The molecule has 2 aromatic carbocycles. The Bertz CT molecular complexity index is 810. The number of carbonyl (C=O) groups is 1. The molecule has 1 heterocycles. The van der Waals surface area contributed by atoms with Crippen molar-refractivity contribution in [2.24, 2.45) is 0 Å². The van der Waals surface area contributed by atoms with Gasteiger partial charge in [-0.15, -0.1) is 0 Å². The fourth-order valence-electron chi connectivity index (χ4n) is 2.09. The average Bonchev–Trinajstić information content (AvgIpc) is 2.46. The Hall–Kier alpha value is -1.91. The molecule has 0 saturated carbocycles. The molecule has 1 amide bonds. The lowest BCUT2D eigenvalue weighted by molar-refractivity contribution is 0.102. The van der Waals surface area contributed by atoms with Crippen molar-refractivity contribution in [3.05, 3.63) is 69.8 Å². The molecule has 3 rings (SSSR count). The lowest BCUT2D eigenvalue weighted by Crippen LogP contribution is -2.12. The zero-order chi connectivity index (χ0) is 14.8. The Kier molecular flexibility index (Phi) is 3.90. The Morgan fingerprint density at radius 2 is 2.00 bits per heavy atom. The number of hydrogen-bond acceptors (Lipinski definition) is 2. The summed E-state index contributed by atoms with van der Waals surface area (Å²) in [6.45, 7) is 0. The molecule has 3 aromatic rings. The first-order valence-electron chi connectivity index (χ1n) is 6.25. The van der Waals surface area contributed by atoms with Crippen molar-refractivity contribution in [2.75, 3.05) is 5.32 Å². The summed E-state index contributed by atoms with van der Waals surface area (Å²) in [4.78, 5) is 16.6. The number of nitrogens with zero attached hydrogens (tertiary/aromatic N) is 1. The first-order chi connectivity index (χ1) is 10.1. The van der Waals surface area contributed by atoms with Gasteiger partial charge in [0, 0.05) is 26.6 Å². The quantitative estimate of drug-likeness (QED) is 0.705. The molecule has 0 aliphatic heterocycles. The summed E-state index contributed by atoms with van der Waals surface area (Å²) in [6, 6.07) is 14.5. The van der Waals surface area contributed by atoms with Crippen LogP contribution in [0.2, 0.25) is 5.02 Å². The predicted molar refractivity (Wildman–Crippen MR) is 88.8 cm³/mol. The molecule has 0 spiro atoms. The number of halogens is 2. The lowest BCUT2D eigenvalue weighted by Gasteiger charge is -2.09. The number of nitrogens with one attached hydrogen (secondary N) is 1. The molecule has 0 atom stereocenters. The van der Waals surface area contributed by atoms with E-state index in [9.17, 15) is 4.79 Å². The van der Waals surface area contributed by atoms with E-state index in [4.69, 9.17) is 11.6 Å². The topological polar surface area (TPSA) is 42.0 Å². The first kappa shape index (κ1) is 14.0. The van der Waals surface area contributed by atoms with Crippen LogP contribution in [0.1, 0.15) is 10.4 Å². The van der Waals surface area contributed by atoms with Crippen molar-refractivity contribution in [1.82, 2.24) is 4.98 Å². The molecule has 0 bridgehead atoms. The van der Waals surface area contributed by atoms with Crippen molar-refractivity contribution < 1.29 is 4.79 Å². The number of fused-ring (bicyclic) bond motifs is 1. The van der Waals surface area contributed by atoms with Crippen LogP contribution in [0.5, 0.6) is 0 Å². The van der Waals surface area contributed by atoms with Gasteiger partial charge >= 0.3 is 0 Å². The molecule has 21 heavy (non-hydrogen) atoms. The van der Waals surface area contributed by atoms with Gasteiger partial charge in [0.1, 0.15) is 0 Å². The van der Waals surface area contributed by atoms with Crippen LogP contribution < -0.4 is 5.32 Å². The molecule has 3 nitrogen and oxygen atoms in total. The van der Waals surface area contributed by atoms with Crippen LogP contribution in [0, 0.1) is 0 Å². The molecular weight excluding hydrogens is 352 g/mol. The van der Waals surface area contributed by atoms with E-state index in [2.05, 4.69) is 26.2 Å². The van der Waals surface area contributed by atoms with Gasteiger partial charge in [0.05, 0.1) is 11.2 Å². The standard InChI is InChI=1S/C16H10BrClN2O/c17-11-7-10(8-12(18)9-11)16(21)20-15-5-1-4-14-13(15)3-2-6-19-14/h1-9H,(H,20,21). The largest absolute Gasteiger partial charge is 0.321 e. The molecule has 5 heteroatoms. The normalized spacial score (nSPS) is 10.6. The number of rotatable bonds is 2. The zero-order valence-electron chi connectivity index (χ0n) is 10.8. The van der Waals surface area contributed by atoms with Gasteiger partial charge in [-0.05, 0) is 42.5 Å². The van der Waals surface area contributed by atoms with Crippen molar-refractivity contribution in [2.45, 2.75) is 0 Å². The van der Waals surface area contributed by atoms with Crippen LogP contribution in [0.15, 0.2) is 59.2 Å². The molecular formula is C16H10BrClN2O. The number of amides is 1. The highest BCUT2D eigenvalue weighted by molar-refractivity contribution is 9.10. The molecule has 104 valence electrons. The molecule has 0 fully saturated rings. The second-order valence-corrected chi connectivity index (χ2v) is 5.84. The summed E-state index contributed by atoms with van der Waals surface area (Å²) in [5, 5.41) is 4.30. The van der Waals surface area contributed by atoms with Crippen LogP contribution in [-0.2, 0) is 0 Å². The number of hydrogen-bond donors (Lipinski definition) is 1. The molecule has 0 saturated heterocycles. The second kappa shape index (κ2) is 5.84. The van der Waals surface area contributed by atoms with E-state index >= 15 is 0 Å². The number of aromatic nitrogens is 1. The van der Waals surface area contributed by atoms with Crippen molar-refractivity contribution >= 4 is 50.0 Å². The number of anilines is 1. The van der Waals surface area contributed by atoms with Crippen molar-refractivity contribution in [3.8, 4) is 0 Å². The van der Waals surface area contributed by atoms with Crippen molar-refractivity contribution in [3.63, 3.8) is 0 Å². The van der Waals surface area contributed by atoms with E-state index < -0.39 is 0 Å². The Labute approximate surface area is 135 Å². The Morgan fingerprint density at radius 1 is 1.14 bits per heavy atom. The summed E-state index contributed by atoms with van der Waals surface area (Å²) < 4.78 is 0.764. The lowest BCUT2D eigenvalue weighted by atomic mass is 10.1. The van der Waals surface area contributed by atoms with Crippen LogP contribution in [0.4, 0.5) is 5.69 Å². The van der Waals surface area contributed by atoms with E-state index in [1.54, 1.807) is 24.4 Å². The van der Waals surface area contributed by atoms with Crippen LogP contribution in [-0.4, -0.2) is 10.9 Å². The summed E-state index contributed by atoms with van der Waals surface area (Å²) in [7, 11) is 0. The molecule has 1 N–H and O–H groups in total. The maximum atomic E-state index is 12.4. The highest BCUT2D eigenvalue weighted by Gasteiger charge is 2.10. The Balaban J connectivity index is 1.96. The molecule has 0 aliphatic carbocycles. The van der Waals surface area contributed by atoms with Gasteiger partial charge in [-0.2, -0.15) is 0 Å². The molecule has 0 unspecified atom stereocenters. The van der Waals surface area contributed by atoms with Gasteiger partial charge in [-0.1, -0.05) is 33.6 Å². The van der Waals surface area contributed by atoms with Gasteiger partial charge in [0.15, 0.2) is 0 Å². The van der Waals surface area contributed by atoms with Crippen LogP contribution in [0.3, 0.4) is 0 Å². The van der Waals surface area contributed by atoms with Crippen molar-refractivity contribution in [1.29, 1.82) is 0 Å². The Morgan fingerprint density at radius 3 is 2.81 bits per heavy atom. The second-order valence-electron chi connectivity index (χ2n) is 4.49. The predicted octanol–water partition coefficient (Wildman–Crippen LogP) is 4.90. The average molecular weight is 362 g/mol. The fourth-order valence-corrected chi connectivity index (χ4v) is 2.95. The smallest absolute Gasteiger partial charge is 0.255 e.